The van der Waals surface area contributed by atoms with Crippen LogP contribution in [0.2, 0.25) is 0 Å². The summed E-state index contributed by atoms with van der Waals surface area (Å²) in [5, 5.41) is 4.91. The highest BCUT2D eigenvalue weighted by Gasteiger charge is 2.27. The molecule has 1 atom stereocenters. The minimum atomic E-state index is -0.275. The summed E-state index contributed by atoms with van der Waals surface area (Å²) in [6.45, 7) is 0. The van der Waals surface area contributed by atoms with Crippen LogP contribution < -0.4 is 0 Å². The number of aldehydes is 1. The molecule has 27 heavy (non-hydrogen) atoms. The van der Waals surface area contributed by atoms with Crippen molar-refractivity contribution in [1.82, 2.24) is 9.78 Å². The molecule has 0 saturated heterocycles. The third-order valence-corrected chi connectivity index (χ3v) is 5.15. The Hall–Kier alpha value is -3.01. The summed E-state index contributed by atoms with van der Waals surface area (Å²) in [6, 6.07) is 16.8. The zero-order valence-corrected chi connectivity index (χ0v) is 15.0. The number of carbonyl (C=O) groups excluding carboxylic acids is 1. The molecule has 1 aliphatic carbocycles. The Morgan fingerprint density at radius 1 is 1.11 bits per heavy atom. The summed E-state index contributed by atoms with van der Waals surface area (Å²) < 4.78 is 15.2. The van der Waals surface area contributed by atoms with Crippen LogP contribution in [0.1, 0.15) is 41.3 Å². The second-order valence-electron chi connectivity index (χ2n) is 6.91. The van der Waals surface area contributed by atoms with E-state index in [0.717, 1.165) is 49.0 Å². The molecule has 0 saturated carbocycles. The van der Waals surface area contributed by atoms with E-state index in [1.807, 2.05) is 16.8 Å². The normalized spacial score (nSPS) is 16.4. The average Bonchev–Trinajstić information content (AvgIpc) is 3.07. The molecular formula is C23H21FN2O. The molecule has 2 aromatic carbocycles. The van der Waals surface area contributed by atoms with Gasteiger partial charge in [-0.05, 0) is 67.7 Å². The summed E-state index contributed by atoms with van der Waals surface area (Å²) in [5.74, 6) is 0.0730. The van der Waals surface area contributed by atoms with E-state index in [1.54, 1.807) is 12.1 Å². The summed E-state index contributed by atoms with van der Waals surface area (Å²) in [5.41, 5.74) is 5.32. The highest BCUT2D eigenvalue weighted by atomic mass is 19.1. The fourth-order valence-corrected chi connectivity index (χ4v) is 3.91. The molecule has 136 valence electrons. The lowest BCUT2D eigenvalue weighted by atomic mass is 9.83. The van der Waals surface area contributed by atoms with Crippen molar-refractivity contribution in [3.8, 4) is 5.69 Å². The summed E-state index contributed by atoms with van der Waals surface area (Å²) in [7, 11) is 0. The van der Waals surface area contributed by atoms with E-state index in [2.05, 4.69) is 24.3 Å². The largest absolute Gasteiger partial charge is 0.299 e. The number of carbonyl (C=O) groups is 1. The number of hydrogen-bond acceptors (Lipinski definition) is 2. The highest BCUT2D eigenvalue weighted by Crippen LogP contribution is 2.36. The minimum absolute atomic E-state index is 0.275. The molecule has 1 heterocycles. The number of nitrogens with zero attached hydrogens (tertiary/aromatic N) is 2. The van der Waals surface area contributed by atoms with Crippen molar-refractivity contribution in [3.05, 3.63) is 89.0 Å². The molecule has 0 N–H and O–H groups in total. The molecule has 0 aliphatic heterocycles. The predicted molar refractivity (Wildman–Crippen MR) is 104 cm³/mol. The van der Waals surface area contributed by atoms with Crippen LogP contribution in [-0.2, 0) is 17.6 Å². The third-order valence-electron chi connectivity index (χ3n) is 5.15. The molecule has 1 aliphatic rings. The van der Waals surface area contributed by atoms with Crippen LogP contribution in [0.4, 0.5) is 4.39 Å². The molecule has 4 heteroatoms. The van der Waals surface area contributed by atoms with Crippen LogP contribution in [0.3, 0.4) is 0 Å². The summed E-state index contributed by atoms with van der Waals surface area (Å²) >= 11 is 0. The first-order valence-electron chi connectivity index (χ1n) is 9.30. The zero-order valence-electron chi connectivity index (χ0n) is 15.0. The molecule has 3 aromatic rings. The Labute approximate surface area is 158 Å². The topological polar surface area (TPSA) is 34.9 Å². The number of aromatic nitrogens is 2. The average molecular weight is 360 g/mol. The van der Waals surface area contributed by atoms with Crippen molar-refractivity contribution in [1.29, 1.82) is 0 Å². The molecule has 1 aromatic heterocycles. The van der Waals surface area contributed by atoms with Crippen LogP contribution in [0.15, 0.2) is 60.7 Å². The summed E-state index contributed by atoms with van der Waals surface area (Å²) in [6.07, 6.45) is 8.18. The van der Waals surface area contributed by atoms with E-state index in [4.69, 9.17) is 5.10 Å². The standard InChI is InChI=1S/C23H21FN2O/c24-19-11-13-20(14-12-19)26-22(10-5-15-27)21-9-4-8-18(23(21)25-26)16-17-6-2-1-3-7-17/h1-3,5-7,10-15,18H,4,8-9,16H2. The van der Waals surface area contributed by atoms with Gasteiger partial charge in [0.15, 0.2) is 0 Å². The second-order valence-corrected chi connectivity index (χ2v) is 6.91. The van der Waals surface area contributed by atoms with Gasteiger partial charge in [0.25, 0.3) is 0 Å². The van der Waals surface area contributed by atoms with Gasteiger partial charge in [-0.2, -0.15) is 5.10 Å². The third kappa shape index (κ3) is 3.61. The number of rotatable bonds is 5. The van der Waals surface area contributed by atoms with Gasteiger partial charge < -0.3 is 0 Å². The van der Waals surface area contributed by atoms with Crippen molar-refractivity contribution in [2.75, 3.05) is 0 Å². The number of fused-ring (bicyclic) bond motifs is 1. The van der Waals surface area contributed by atoms with Crippen LogP contribution in [0.25, 0.3) is 11.8 Å². The maximum Gasteiger partial charge on any atom is 0.142 e. The van der Waals surface area contributed by atoms with E-state index in [9.17, 15) is 9.18 Å². The van der Waals surface area contributed by atoms with Gasteiger partial charge in [0.05, 0.1) is 17.1 Å². The smallest absolute Gasteiger partial charge is 0.142 e. The van der Waals surface area contributed by atoms with Crippen molar-refractivity contribution >= 4 is 12.4 Å². The fraction of sp³-hybridized carbons (Fsp3) is 0.217. The predicted octanol–water partition coefficient (Wildman–Crippen LogP) is 4.89. The van der Waals surface area contributed by atoms with E-state index < -0.39 is 0 Å². The second kappa shape index (κ2) is 7.70. The van der Waals surface area contributed by atoms with Crippen molar-refractivity contribution in [3.63, 3.8) is 0 Å². The van der Waals surface area contributed by atoms with Crippen molar-refractivity contribution in [2.45, 2.75) is 31.6 Å². The Balaban J connectivity index is 1.78. The maximum absolute atomic E-state index is 13.3. The van der Waals surface area contributed by atoms with E-state index >= 15 is 0 Å². The van der Waals surface area contributed by atoms with Gasteiger partial charge >= 0.3 is 0 Å². The Kier molecular flexibility index (Phi) is 4.97. The summed E-state index contributed by atoms with van der Waals surface area (Å²) in [4.78, 5) is 10.9. The maximum atomic E-state index is 13.3. The van der Waals surface area contributed by atoms with Crippen LogP contribution in [-0.4, -0.2) is 16.1 Å². The fourth-order valence-electron chi connectivity index (χ4n) is 3.91. The first-order chi connectivity index (χ1) is 13.3. The minimum Gasteiger partial charge on any atom is -0.299 e. The Morgan fingerprint density at radius 3 is 2.63 bits per heavy atom. The lowest BCUT2D eigenvalue weighted by Crippen LogP contribution is -2.12. The van der Waals surface area contributed by atoms with E-state index in [0.29, 0.717) is 5.92 Å². The number of benzene rings is 2. The monoisotopic (exact) mass is 360 g/mol. The SMILES string of the molecule is O=CC=Cc1c2c(nn1-c1ccc(F)cc1)C(Cc1ccccc1)CCC2. The first-order valence-corrected chi connectivity index (χ1v) is 9.30. The number of hydrogen-bond donors (Lipinski definition) is 0. The van der Waals surface area contributed by atoms with Crippen LogP contribution in [0.5, 0.6) is 0 Å². The Bertz CT molecular complexity index is 958. The number of halogens is 1. The molecule has 0 radical (unpaired) electrons. The molecular weight excluding hydrogens is 339 g/mol. The van der Waals surface area contributed by atoms with Crippen LogP contribution in [0, 0.1) is 5.82 Å². The molecule has 0 amide bonds. The molecule has 0 fully saturated rings. The van der Waals surface area contributed by atoms with Gasteiger partial charge in [-0.15, -0.1) is 0 Å². The van der Waals surface area contributed by atoms with Gasteiger partial charge in [0.2, 0.25) is 0 Å². The molecule has 0 bridgehead atoms. The first kappa shape index (κ1) is 17.4. The van der Waals surface area contributed by atoms with Gasteiger partial charge in [-0.3, -0.25) is 4.79 Å². The molecule has 3 nitrogen and oxygen atoms in total. The highest BCUT2D eigenvalue weighted by molar-refractivity contribution is 5.74. The van der Waals surface area contributed by atoms with Crippen molar-refractivity contribution < 1.29 is 9.18 Å². The number of allylic oxidation sites excluding steroid dienone is 1. The van der Waals surface area contributed by atoms with Crippen molar-refractivity contribution in [2.24, 2.45) is 0 Å². The zero-order chi connectivity index (χ0) is 18.6. The van der Waals surface area contributed by atoms with Gasteiger partial charge in [-0.1, -0.05) is 30.3 Å². The Morgan fingerprint density at radius 2 is 1.89 bits per heavy atom. The lowest BCUT2D eigenvalue weighted by Gasteiger charge is -2.21. The molecule has 4 rings (SSSR count). The van der Waals surface area contributed by atoms with Crippen LogP contribution >= 0.6 is 0 Å². The lowest BCUT2D eigenvalue weighted by molar-refractivity contribution is -0.104. The molecule has 1 unspecified atom stereocenters. The van der Waals surface area contributed by atoms with Gasteiger partial charge in [0, 0.05) is 11.5 Å². The van der Waals surface area contributed by atoms with E-state index in [1.165, 1.54) is 29.3 Å². The van der Waals surface area contributed by atoms with Gasteiger partial charge in [0.1, 0.15) is 12.1 Å². The van der Waals surface area contributed by atoms with Gasteiger partial charge in [-0.25, -0.2) is 9.07 Å². The molecule has 0 spiro atoms. The van der Waals surface area contributed by atoms with E-state index in [-0.39, 0.29) is 5.82 Å². The quantitative estimate of drug-likeness (QED) is 0.480.